The van der Waals surface area contributed by atoms with E-state index in [1.165, 1.54) is 12.8 Å². The Balaban J connectivity index is 2.07. The number of aryl methyl sites for hydroxylation is 1. The van der Waals surface area contributed by atoms with Crippen molar-refractivity contribution in [2.24, 2.45) is 0 Å². The standard InChI is InChI=1S/C15H24N2O2S/c1-12-6-7-15(14(16)11-12)20(18,19)10-8-13-5-3-4-9-17(13)2/h6-7,11,13H,3-5,8-10,16H2,1-2H3. The summed E-state index contributed by atoms with van der Waals surface area (Å²) in [4.78, 5) is 2.55. The third-order valence-corrected chi connectivity index (χ3v) is 5.96. The number of piperidine rings is 1. The van der Waals surface area contributed by atoms with E-state index in [2.05, 4.69) is 11.9 Å². The van der Waals surface area contributed by atoms with Crippen molar-refractivity contribution in [3.8, 4) is 0 Å². The second kappa shape index (κ2) is 6.14. The van der Waals surface area contributed by atoms with Gasteiger partial charge >= 0.3 is 0 Å². The molecule has 0 amide bonds. The molecule has 1 fully saturated rings. The molecule has 0 spiro atoms. The summed E-state index contributed by atoms with van der Waals surface area (Å²) in [5, 5.41) is 0. The fourth-order valence-electron chi connectivity index (χ4n) is 2.86. The summed E-state index contributed by atoms with van der Waals surface area (Å²) in [5.74, 6) is 0.176. The average Bonchev–Trinajstić information content (AvgIpc) is 2.37. The predicted molar refractivity (Wildman–Crippen MR) is 82.5 cm³/mol. The van der Waals surface area contributed by atoms with Crippen LogP contribution in [-0.2, 0) is 9.84 Å². The number of nitrogens with two attached hydrogens (primary N) is 1. The van der Waals surface area contributed by atoms with Crippen LogP contribution in [0, 0.1) is 6.92 Å². The van der Waals surface area contributed by atoms with Gasteiger partial charge in [-0.3, -0.25) is 0 Å². The molecule has 1 aromatic rings. The second-order valence-electron chi connectivity index (χ2n) is 5.78. The summed E-state index contributed by atoms with van der Waals surface area (Å²) in [5.41, 5.74) is 7.20. The van der Waals surface area contributed by atoms with Crippen LogP contribution in [0.5, 0.6) is 0 Å². The van der Waals surface area contributed by atoms with Gasteiger partial charge in [0.2, 0.25) is 0 Å². The number of benzene rings is 1. The summed E-state index contributed by atoms with van der Waals surface area (Å²) in [7, 11) is -1.20. The first-order valence-electron chi connectivity index (χ1n) is 7.19. The Morgan fingerprint density at radius 2 is 2.10 bits per heavy atom. The number of hydrogen-bond acceptors (Lipinski definition) is 4. The number of nitrogens with zero attached hydrogens (tertiary/aromatic N) is 1. The highest BCUT2D eigenvalue weighted by Gasteiger charge is 2.23. The first-order chi connectivity index (χ1) is 9.40. The molecule has 5 heteroatoms. The minimum Gasteiger partial charge on any atom is -0.398 e. The molecule has 2 N–H and O–H groups in total. The molecule has 1 heterocycles. The number of likely N-dealkylation sites (tertiary alicyclic amines) is 1. The van der Waals surface area contributed by atoms with Crippen LogP contribution in [-0.4, -0.2) is 38.7 Å². The molecule has 1 aliphatic heterocycles. The summed E-state index contributed by atoms with van der Waals surface area (Å²) in [6.45, 7) is 2.97. The third kappa shape index (κ3) is 3.52. The fraction of sp³-hybridized carbons (Fsp3) is 0.600. The molecule has 1 saturated heterocycles. The van der Waals surface area contributed by atoms with Crippen LogP contribution in [0.2, 0.25) is 0 Å². The van der Waals surface area contributed by atoms with Gasteiger partial charge in [0.1, 0.15) is 0 Å². The first-order valence-corrected chi connectivity index (χ1v) is 8.84. The van der Waals surface area contributed by atoms with Crippen LogP contribution < -0.4 is 5.73 Å². The molecule has 0 radical (unpaired) electrons. The van der Waals surface area contributed by atoms with Crippen molar-refractivity contribution < 1.29 is 8.42 Å². The highest BCUT2D eigenvalue weighted by molar-refractivity contribution is 7.91. The quantitative estimate of drug-likeness (QED) is 0.865. The zero-order chi connectivity index (χ0) is 14.8. The number of nitrogen functional groups attached to an aromatic ring is 1. The molecule has 4 nitrogen and oxygen atoms in total. The van der Waals surface area contributed by atoms with Crippen LogP contribution in [0.25, 0.3) is 0 Å². The number of sulfone groups is 1. The SMILES string of the molecule is Cc1ccc(S(=O)(=O)CCC2CCCCN2C)c(N)c1. The molecule has 1 unspecified atom stereocenters. The molecule has 1 aromatic carbocycles. The third-order valence-electron chi connectivity index (χ3n) is 4.14. The van der Waals surface area contributed by atoms with Crippen molar-refractivity contribution in [2.45, 2.75) is 43.5 Å². The highest BCUT2D eigenvalue weighted by atomic mass is 32.2. The van der Waals surface area contributed by atoms with Crippen LogP contribution in [0.3, 0.4) is 0 Å². The molecule has 0 aliphatic carbocycles. The van der Waals surface area contributed by atoms with E-state index in [1.54, 1.807) is 18.2 Å². The molecule has 0 aromatic heterocycles. The van der Waals surface area contributed by atoms with E-state index in [-0.39, 0.29) is 10.6 Å². The zero-order valence-electron chi connectivity index (χ0n) is 12.3. The Bertz CT molecular complexity index is 569. The monoisotopic (exact) mass is 296 g/mol. The van der Waals surface area contributed by atoms with E-state index >= 15 is 0 Å². The molecule has 2 rings (SSSR count). The van der Waals surface area contributed by atoms with Gasteiger partial charge < -0.3 is 10.6 Å². The Labute approximate surface area is 121 Å². The van der Waals surface area contributed by atoms with Gasteiger partial charge in [-0.25, -0.2) is 8.42 Å². The van der Waals surface area contributed by atoms with Crippen molar-refractivity contribution in [3.05, 3.63) is 23.8 Å². The van der Waals surface area contributed by atoms with Crippen LogP contribution in [0.15, 0.2) is 23.1 Å². The molecule has 1 atom stereocenters. The van der Waals surface area contributed by atoms with Crippen molar-refractivity contribution in [1.82, 2.24) is 4.90 Å². The van der Waals surface area contributed by atoms with Gasteiger partial charge in [-0.1, -0.05) is 12.5 Å². The molecule has 112 valence electrons. The van der Waals surface area contributed by atoms with Gasteiger partial charge in [0.25, 0.3) is 0 Å². The minimum absolute atomic E-state index is 0.176. The van der Waals surface area contributed by atoms with Gasteiger partial charge in [0, 0.05) is 6.04 Å². The van der Waals surface area contributed by atoms with Gasteiger partial charge in [-0.2, -0.15) is 0 Å². The number of hydrogen-bond donors (Lipinski definition) is 1. The summed E-state index contributed by atoms with van der Waals surface area (Å²) in [6, 6.07) is 5.53. The van der Waals surface area contributed by atoms with Gasteiger partial charge in [-0.05, 0) is 57.5 Å². The lowest BCUT2D eigenvalue weighted by molar-refractivity contribution is 0.181. The van der Waals surface area contributed by atoms with Crippen molar-refractivity contribution >= 4 is 15.5 Å². The van der Waals surface area contributed by atoms with Crippen molar-refractivity contribution in [1.29, 1.82) is 0 Å². The summed E-state index contributed by atoms with van der Waals surface area (Å²) < 4.78 is 24.8. The smallest absolute Gasteiger partial charge is 0.180 e. The topological polar surface area (TPSA) is 63.4 Å². The van der Waals surface area contributed by atoms with E-state index in [4.69, 9.17) is 5.73 Å². The van der Waals surface area contributed by atoms with E-state index < -0.39 is 9.84 Å². The van der Waals surface area contributed by atoms with E-state index in [1.807, 2.05) is 6.92 Å². The van der Waals surface area contributed by atoms with Crippen LogP contribution >= 0.6 is 0 Å². The predicted octanol–water partition coefficient (Wildman–Crippen LogP) is 2.23. The maximum absolute atomic E-state index is 12.4. The molecule has 1 aliphatic rings. The number of anilines is 1. The average molecular weight is 296 g/mol. The van der Waals surface area contributed by atoms with E-state index in [9.17, 15) is 8.42 Å². The largest absolute Gasteiger partial charge is 0.398 e. The molecular formula is C15H24N2O2S. The zero-order valence-corrected chi connectivity index (χ0v) is 13.1. The molecule has 0 saturated carbocycles. The number of rotatable bonds is 4. The summed E-state index contributed by atoms with van der Waals surface area (Å²) in [6.07, 6.45) is 4.19. The highest BCUT2D eigenvalue weighted by Crippen LogP contribution is 2.24. The fourth-order valence-corrected chi connectivity index (χ4v) is 4.36. The first kappa shape index (κ1) is 15.3. The van der Waals surface area contributed by atoms with Gasteiger partial charge in [0.05, 0.1) is 16.3 Å². The molecule has 0 bridgehead atoms. The van der Waals surface area contributed by atoms with E-state index in [0.29, 0.717) is 18.2 Å². The lowest BCUT2D eigenvalue weighted by Gasteiger charge is -2.32. The van der Waals surface area contributed by atoms with Crippen LogP contribution in [0.1, 0.15) is 31.2 Å². The minimum atomic E-state index is -3.28. The lowest BCUT2D eigenvalue weighted by atomic mass is 10.0. The molecule has 20 heavy (non-hydrogen) atoms. The Kier molecular flexibility index (Phi) is 4.70. The van der Waals surface area contributed by atoms with Gasteiger partial charge in [0.15, 0.2) is 9.84 Å². The van der Waals surface area contributed by atoms with Crippen LogP contribution in [0.4, 0.5) is 5.69 Å². The molecular weight excluding hydrogens is 272 g/mol. The Morgan fingerprint density at radius 3 is 2.75 bits per heavy atom. The maximum atomic E-state index is 12.4. The normalized spacial score (nSPS) is 21.0. The lowest BCUT2D eigenvalue weighted by Crippen LogP contribution is -2.37. The second-order valence-corrected chi connectivity index (χ2v) is 7.86. The van der Waals surface area contributed by atoms with E-state index in [0.717, 1.165) is 18.5 Å². The Morgan fingerprint density at radius 1 is 1.35 bits per heavy atom. The van der Waals surface area contributed by atoms with Gasteiger partial charge in [-0.15, -0.1) is 0 Å². The summed E-state index contributed by atoms with van der Waals surface area (Å²) >= 11 is 0. The van der Waals surface area contributed by atoms with Crippen molar-refractivity contribution in [3.63, 3.8) is 0 Å². The maximum Gasteiger partial charge on any atom is 0.180 e. The Hall–Kier alpha value is -1.07. The van der Waals surface area contributed by atoms with Crippen molar-refractivity contribution in [2.75, 3.05) is 25.1 Å².